The van der Waals surface area contributed by atoms with E-state index in [9.17, 15) is 19.5 Å². The Bertz CT molecular complexity index is 903. The Labute approximate surface area is 175 Å². The summed E-state index contributed by atoms with van der Waals surface area (Å²) in [6, 6.07) is 5.44. The molecule has 30 heavy (non-hydrogen) atoms. The molecule has 2 aromatic rings. The highest BCUT2D eigenvalue weighted by molar-refractivity contribution is 5.92. The van der Waals surface area contributed by atoms with E-state index >= 15 is 0 Å². The summed E-state index contributed by atoms with van der Waals surface area (Å²) in [5, 5.41) is 19.2. The third-order valence-corrected chi connectivity index (χ3v) is 5.88. The number of carbonyl (C=O) groups is 3. The Morgan fingerprint density at radius 2 is 2.00 bits per heavy atom. The molecule has 1 aromatic heterocycles. The van der Waals surface area contributed by atoms with E-state index < -0.39 is 24.0 Å². The van der Waals surface area contributed by atoms with Gasteiger partial charge in [-0.05, 0) is 36.9 Å². The molecule has 0 bridgehead atoms. The molecule has 8 nitrogen and oxygen atoms in total. The first-order chi connectivity index (χ1) is 14.4. The van der Waals surface area contributed by atoms with Crippen molar-refractivity contribution < 1.29 is 19.5 Å². The monoisotopic (exact) mass is 414 g/mol. The van der Waals surface area contributed by atoms with E-state index in [1.54, 1.807) is 6.20 Å². The van der Waals surface area contributed by atoms with Crippen LogP contribution in [-0.4, -0.2) is 52.5 Å². The molecule has 0 radical (unpaired) electrons. The topological polar surface area (TPSA) is 123 Å². The van der Waals surface area contributed by atoms with Crippen molar-refractivity contribution in [3.63, 3.8) is 0 Å². The number of hydrogen-bond donors (Lipinski definition) is 5. The zero-order valence-corrected chi connectivity index (χ0v) is 17.4. The molecule has 1 aliphatic rings. The zero-order chi connectivity index (χ0) is 21.7. The summed E-state index contributed by atoms with van der Waals surface area (Å²) in [5.74, 6) is -1.92. The fourth-order valence-corrected chi connectivity index (χ4v) is 3.85. The molecule has 1 aliphatic heterocycles. The fraction of sp³-hybridized carbons (Fsp3) is 0.500. The number of hydrogen-bond acceptors (Lipinski definition) is 4. The average molecular weight is 415 g/mol. The Hall–Kier alpha value is -2.87. The molecule has 0 spiro atoms. The maximum absolute atomic E-state index is 13.0. The van der Waals surface area contributed by atoms with Gasteiger partial charge < -0.3 is 26.0 Å². The van der Waals surface area contributed by atoms with Gasteiger partial charge in [-0.1, -0.05) is 38.5 Å². The van der Waals surface area contributed by atoms with Gasteiger partial charge in [0, 0.05) is 23.5 Å². The van der Waals surface area contributed by atoms with Gasteiger partial charge in [-0.2, -0.15) is 0 Å². The SMILES string of the molecule is CC[C@H](C)[C@H](NC(=O)[C@@H]1CCCN1)C(=O)N[C@@H](Cc1c[nH]c2ccccc12)C(=O)O. The van der Waals surface area contributed by atoms with E-state index in [-0.39, 0.29) is 24.3 Å². The van der Waals surface area contributed by atoms with Crippen molar-refractivity contribution in [1.82, 2.24) is 20.9 Å². The Balaban J connectivity index is 1.72. The lowest BCUT2D eigenvalue weighted by atomic mass is 9.96. The number of rotatable bonds is 9. The molecule has 0 saturated carbocycles. The minimum absolute atomic E-state index is 0.127. The van der Waals surface area contributed by atoms with Gasteiger partial charge in [-0.25, -0.2) is 4.79 Å². The number of carboxylic acids is 1. The van der Waals surface area contributed by atoms with E-state index in [1.807, 2.05) is 38.1 Å². The average Bonchev–Trinajstić information content (AvgIpc) is 3.41. The molecule has 0 unspecified atom stereocenters. The molecule has 0 aliphatic carbocycles. The van der Waals surface area contributed by atoms with Gasteiger partial charge in [-0.15, -0.1) is 0 Å². The van der Waals surface area contributed by atoms with Crippen molar-refractivity contribution >= 4 is 28.7 Å². The lowest BCUT2D eigenvalue weighted by Gasteiger charge is -2.26. The van der Waals surface area contributed by atoms with Crippen LogP contribution in [0.1, 0.15) is 38.7 Å². The summed E-state index contributed by atoms with van der Waals surface area (Å²) in [6.07, 6.45) is 4.25. The first-order valence-corrected chi connectivity index (χ1v) is 10.5. The molecule has 4 atom stereocenters. The van der Waals surface area contributed by atoms with Gasteiger partial charge in [0.2, 0.25) is 11.8 Å². The molecule has 1 saturated heterocycles. The highest BCUT2D eigenvalue weighted by Gasteiger charge is 2.32. The van der Waals surface area contributed by atoms with Gasteiger partial charge in [0.05, 0.1) is 6.04 Å². The highest BCUT2D eigenvalue weighted by atomic mass is 16.4. The standard InChI is InChI=1S/C22H30N4O4/c1-3-13(2)19(26-20(27)17-9-6-10-23-17)21(28)25-18(22(29)30)11-14-12-24-16-8-5-4-7-15(14)16/h4-5,7-8,12-13,17-19,23-24H,3,6,9-11H2,1-2H3,(H,25,28)(H,26,27)(H,29,30)/t13-,17-,18-,19-/m0/s1. The van der Waals surface area contributed by atoms with E-state index in [0.29, 0.717) is 6.42 Å². The predicted molar refractivity (Wildman–Crippen MR) is 114 cm³/mol. The molecule has 3 rings (SSSR count). The Morgan fingerprint density at radius 3 is 2.67 bits per heavy atom. The van der Waals surface area contributed by atoms with Crippen molar-refractivity contribution in [2.24, 2.45) is 5.92 Å². The Morgan fingerprint density at radius 1 is 1.23 bits per heavy atom. The second-order valence-electron chi connectivity index (χ2n) is 7.98. The molecule has 8 heteroatoms. The number of para-hydroxylation sites is 1. The van der Waals surface area contributed by atoms with Crippen LogP contribution < -0.4 is 16.0 Å². The van der Waals surface area contributed by atoms with Crippen LogP contribution in [0.5, 0.6) is 0 Å². The van der Waals surface area contributed by atoms with Gasteiger partial charge >= 0.3 is 5.97 Å². The van der Waals surface area contributed by atoms with E-state index in [2.05, 4.69) is 20.9 Å². The summed E-state index contributed by atoms with van der Waals surface area (Å²) >= 11 is 0. The number of amides is 2. The van der Waals surface area contributed by atoms with E-state index in [0.717, 1.165) is 35.9 Å². The van der Waals surface area contributed by atoms with Crippen LogP contribution >= 0.6 is 0 Å². The maximum atomic E-state index is 13.0. The van der Waals surface area contributed by atoms with Crippen LogP contribution in [0.4, 0.5) is 0 Å². The quantitative estimate of drug-likeness (QED) is 0.426. The number of H-pyrrole nitrogens is 1. The summed E-state index contributed by atoms with van der Waals surface area (Å²) in [5.41, 5.74) is 1.73. The molecular weight excluding hydrogens is 384 g/mol. The van der Waals surface area contributed by atoms with Crippen LogP contribution in [-0.2, 0) is 20.8 Å². The number of fused-ring (bicyclic) bond motifs is 1. The minimum Gasteiger partial charge on any atom is -0.480 e. The van der Waals surface area contributed by atoms with Crippen LogP contribution in [0.3, 0.4) is 0 Å². The predicted octanol–water partition coefficient (Wildman–Crippen LogP) is 1.56. The number of carbonyl (C=O) groups excluding carboxylic acids is 2. The number of benzene rings is 1. The number of carboxylic acid groups (broad SMARTS) is 1. The van der Waals surface area contributed by atoms with Gasteiger partial charge in [0.25, 0.3) is 0 Å². The smallest absolute Gasteiger partial charge is 0.326 e. The third kappa shape index (κ3) is 4.99. The molecule has 2 amide bonds. The van der Waals surface area contributed by atoms with Crippen molar-refractivity contribution in [2.75, 3.05) is 6.54 Å². The number of nitrogens with one attached hydrogen (secondary N) is 4. The lowest BCUT2D eigenvalue weighted by molar-refractivity contribution is -0.142. The summed E-state index contributed by atoms with van der Waals surface area (Å²) in [4.78, 5) is 40.5. The minimum atomic E-state index is -1.11. The number of aromatic amines is 1. The normalized spacial score (nSPS) is 19.2. The van der Waals surface area contributed by atoms with E-state index in [4.69, 9.17) is 0 Å². The van der Waals surface area contributed by atoms with Crippen molar-refractivity contribution in [2.45, 2.75) is 57.7 Å². The van der Waals surface area contributed by atoms with Crippen LogP contribution in [0.2, 0.25) is 0 Å². The summed E-state index contributed by atoms with van der Waals surface area (Å²) in [6.45, 7) is 4.59. The second-order valence-corrected chi connectivity index (χ2v) is 7.98. The third-order valence-electron chi connectivity index (χ3n) is 5.88. The zero-order valence-electron chi connectivity index (χ0n) is 17.4. The maximum Gasteiger partial charge on any atom is 0.326 e. The molecular formula is C22H30N4O4. The number of aliphatic carboxylic acids is 1. The van der Waals surface area contributed by atoms with Crippen LogP contribution in [0, 0.1) is 5.92 Å². The van der Waals surface area contributed by atoms with Gasteiger partial charge in [0.15, 0.2) is 0 Å². The van der Waals surface area contributed by atoms with Crippen molar-refractivity contribution in [3.8, 4) is 0 Å². The van der Waals surface area contributed by atoms with Gasteiger partial charge in [0.1, 0.15) is 12.1 Å². The fourth-order valence-electron chi connectivity index (χ4n) is 3.85. The van der Waals surface area contributed by atoms with Gasteiger partial charge in [-0.3, -0.25) is 9.59 Å². The molecule has 162 valence electrons. The molecule has 1 fully saturated rings. The summed E-state index contributed by atoms with van der Waals surface area (Å²) in [7, 11) is 0. The van der Waals surface area contributed by atoms with Crippen molar-refractivity contribution in [3.05, 3.63) is 36.0 Å². The van der Waals surface area contributed by atoms with E-state index in [1.165, 1.54) is 0 Å². The first-order valence-electron chi connectivity index (χ1n) is 10.5. The number of aromatic nitrogens is 1. The van der Waals surface area contributed by atoms with Crippen LogP contribution in [0.25, 0.3) is 10.9 Å². The Kier molecular flexibility index (Phi) is 7.10. The largest absolute Gasteiger partial charge is 0.480 e. The molecule has 5 N–H and O–H groups in total. The molecule has 2 heterocycles. The lowest BCUT2D eigenvalue weighted by Crippen LogP contribution is -2.56. The molecule has 1 aromatic carbocycles. The van der Waals surface area contributed by atoms with Crippen LogP contribution in [0.15, 0.2) is 30.5 Å². The first kappa shape index (κ1) is 21.8. The second kappa shape index (κ2) is 9.75. The highest BCUT2D eigenvalue weighted by Crippen LogP contribution is 2.19. The van der Waals surface area contributed by atoms with Crippen molar-refractivity contribution in [1.29, 1.82) is 0 Å². The summed E-state index contributed by atoms with van der Waals surface area (Å²) < 4.78 is 0.